The van der Waals surface area contributed by atoms with E-state index in [1.54, 1.807) is 12.4 Å². The summed E-state index contributed by atoms with van der Waals surface area (Å²) in [6, 6.07) is 2.28. The van der Waals surface area contributed by atoms with Gasteiger partial charge in [-0.15, -0.1) is 0 Å². The number of aromatic amines is 1. The van der Waals surface area contributed by atoms with Crippen LogP contribution in [0.25, 0.3) is 0 Å². The van der Waals surface area contributed by atoms with Gasteiger partial charge < -0.3 is 4.98 Å². The zero-order chi connectivity index (χ0) is 8.97. The van der Waals surface area contributed by atoms with Gasteiger partial charge in [0.15, 0.2) is 0 Å². The molecule has 0 fully saturated rings. The minimum absolute atomic E-state index is 0.0659. The third kappa shape index (κ3) is 2.09. The summed E-state index contributed by atoms with van der Waals surface area (Å²) in [6.07, 6.45) is 4.22. The molecule has 1 aromatic heterocycles. The van der Waals surface area contributed by atoms with Crippen molar-refractivity contribution in [2.45, 2.75) is 20.3 Å². The van der Waals surface area contributed by atoms with Gasteiger partial charge in [0.25, 0.3) is 0 Å². The van der Waals surface area contributed by atoms with Crippen LogP contribution in [0.4, 0.5) is 0 Å². The maximum Gasteiger partial charge on any atom is 0.107 e. The molecule has 1 heterocycles. The fourth-order valence-corrected chi connectivity index (χ4v) is 1.05. The molecule has 1 rings (SSSR count). The Hall–Kier alpha value is -1.30. The minimum atomic E-state index is 0.0659. The first-order valence-electron chi connectivity index (χ1n) is 4.12. The van der Waals surface area contributed by atoms with Crippen LogP contribution in [0, 0.1) is 23.2 Å². The van der Waals surface area contributed by atoms with Crippen LogP contribution in [0.5, 0.6) is 0 Å². The molecule has 1 aromatic rings. The molecular weight excluding hydrogens is 150 g/mol. The Morgan fingerprint density at radius 1 is 1.67 bits per heavy atom. The number of nitrogens with zero attached hydrogens (tertiary/aromatic N) is 2. The number of aromatic nitrogens is 2. The Labute approximate surface area is 72.4 Å². The van der Waals surface area contributed by atoms with Crippen LogP contribution in [0.2, 0.25) is 0 Å². The summed E-state index contributed by atoms with van der Waals surface area (Å²) in [6.45, 7) is 4.10. The fraction of sp³-hybridized carbons (Fsp3) is 0.556. The molecule has 0 spiro atoms. The Kier molecular flexibility index (Phi) is 2.87. The highest BCUT2D eigenvalue weighted by atomic mass is 14.9. The first-order chi connectivity index (χ1) is 5.74. The van der Waals surface area contributed by atoms with E-state index in [0.717, 1.165) is 12.2 Å². The van der Waals surface area contributed by atoms with Crippen molar-refractivity contribution in [2.75, 3.05) is 0 Å². The van der Waals surface area contributed by atoms with Crippen molar-refractivity contribution in [1.29, 1.82) is 5.26 Å². The molecule has 0 radical (unpaired) electrons. The van der Waals surface area contributed by atoms with E-state index in [4.69, 9.17) is 5.26 Å². The standard InChI is InChI=1S/C9H13N3/c1-7(2)8(6-10)5-9-11-3-4-12-9/h3-4,7-8H,5H2,1-2H3,(H,11,12). The Bertz CT molecular complexity index is 256. The molecule has 1 unspecified atom stereocenters. The lowest BCUT2D eigenvalue weighted by atomic mass is 9.94. The van der Waals surface area contributed by atoms with Crippen LogP contribution < -0.4 is 0 Å². The molecule has 0 saturated carbocycles. The van der Waals surface area contributed by atoms with E-state index in [2.05, 4.69) is 29.9 Å². The van der Waals surface area contributed by atoms with Gasteiger partial charge in [-0.3, -0.25) is 0 Å². The van der Waals surface area contributed by atoms with Gasteiger partial charge in [0, 0.05) is 18.8 Å². The summed E-state index contributed by atoms with van der Waals surface area (Å²) in [5.41, 5.74) is 0. The van der Waals surface area contributed by atoms with E-state index >= 15 is 0 Å². The second kappa shape index (κ2) is 3.91. The van der Waals surface area contributed by atoms with E-state index in [0.29, 0.717) is 5.92 Å². The van der Waals surface area contributed by atoms with Gasteiger partial charge in [0.2, 0.25) is 0 Å². The Morgan fingerprint density at radius 3 is 2.83 bits per heavy atom. The molecule has 3 heteroatoms. The zero-order valence-corrected chi connectivity index (χ0v) is 7.41. The van der Waals surface area contributed by atoms with Crippen LogP contribution in [0.3, 0.4) is 0 Å². The van der Waals surface area contributed by atoms with Gasteiger partial charge in [-0.1, -0.05) is 13.8 Å². The second-order valence-electron chi connectivity index (χ2n) is 3.22. The van der Waals surface area contributed by atoms with Crippen molar-refractivity contribution in [2.24, 2.45) is 11.8 Å². The maximum atomic E-state index is 8.80. The van der Waals surface area contributed by atoms with Crippen LogP contribution in [-0.4, -0.2) is 9.97 Å². The highest BCUT2D eigenvalue weighted by Gasteiger charge is 2.13. The summed E-state index contributed by atoms with van der Waals surface area (Å²) < 4.78 is 0. The van der Waals surface area contributed by atoms with E-state index in [9.17, 15) is 0 Å². The van der Waals surface area contributed by atoms with Gasteiger partial charge in [0.1, 0.15) is 5.82 Å². The van der Waals surface area contributed by atoms with E-state index < -0.39 is 0 Å². The predicted molar refractivity (Wildman–Crippen MR) is 46.2 cm³/mol. The van der Waals surface area contributed by atoms with Gasteiger partial charge in [-0.2, -0.15) is 5.26 Å². The summed E-state index contributed by atoms with van der Waals surface area (Å²) in [5, 5.41) is 8.80. The maximum absolute atomic E-state index is 8.80. The van der Waals surface area contributed by atoms with Crippen molar-refractivity contribution in [3.8, 4) is 6.07 Å². The molecule has 64 valence electrons. The quantitative estimate of drug-likeness (QED) is 0.738. The molecule has 3 nitrogen and oxygen atoms in total. The molecule has 0 bridgehead atoms. The average Bonchev–Trinajstić information content (AvgIpc) is 2.51. The van der Waals surface area contributed by atoms with Crippen LogP contribution in [0.1, 0.15) is 19.7 Å². The Balaban J connectivity index is 2.56. The average molecular weight is 163 g/mol. The molecule has 0 aliphatic rings. The molecule has 12 heavy (non-hydrogen) atoms. The minimum Gasteiger partial charge on any atom is -0.349 e. The molecule has 0 aliphatic carbocycles. The smallest absolute Gasteiger partial charge is 0.107 e. The van der Waals surface area contributed by atoms with E-state index in [-0.39, 0.29) is 5.92 Å². The predicted octanol–water partition coefficient (Wildman–Crippen LogP) is 1.75. The first-order valence-corrected chi connectivity index (χ1v) is 4.12. The highest BCUT2D eigenvalue weighted by molar-refractivity contribution is 4.96. The summed E-state index contributed by atoms with van der Waals surface area (Å²) >= 11 is 0. The molecular formula is C9H13N3. The largest absolute Gasteiger partial charge is 0.349 e. The normalized spacial score (nSPS) is 12.8. The highest BCUT2D eigenvalue weighted by Crippen LogP contribution is 2.13. The topological polar surface area (TPSA) is 52.5 Å². The van der Waals surface area contributed by atoms with Gasteiger partial charge in [0.05, 0.1) is 12.0 Å². The number of hydrogen-bond acceptors (Lipinski definition) is 2. The SMILES string of the molecule is CC(C)C(C#N)Cc1ncc[nH]1. The van der Waals surface area contributed by atoms with Crippen LogP contribution >= 0.6 is 0 Å². The van der Waals surface area contributed by atoms with Crippen LogP contribution in [-0.2, 0) is 6.42 Å². The molecule has 0 amide bonds. The molecule has 1 N–H and O–H groups in total. The molecule has 0 aliphatic heterocycles. The second-order valence-corrected chi connectivity index (χ2v) is 3.22. The first kappa shape index (κ1) is 8.79. The van der Waals surface area contributed by atoms with Crippen molar-refractivity contribution in [1.82, 2.24) is 9.97 Å². The summed E-state index contributed by atoms with van der Waals surface area (Å²) in [7, 11) is 0. The van der Waals surface area contributed by atoms with Crippen molar-refractivity contribution in [3.05, 3.63) is 18.2 Å². The lowest BCUT2D eigenvalue weighted by Gasteiger charge is -2.10. The summed E-state index contributed by atoms with van der Waals surface area (Å²) in [4.78, 5) is 7.07. The van der Waals surface area contributed by atoms with Gasteiger partial charge in [-0.05, 0) is 5.92 Å². The third-order valence-electron chi connectivity index (χ3n) is 1.94. The number of imidazole rings is 1. The van der Waals surface area contributed by atoms with Crippen LogP contribution in [0.15, 0.2) is 12.4 Å². The Morgan fingerprint density at radius 2 is 2.42 bits per heavy atom. The van der Waals surface area contributed by atoms with Gasteiger partial charge >= 0.3 is 0 Å². The lowest BCUT2D eigenvalue weighted by Crippen LogP contribution is -2.10. The number of nitrogens with one attached hydrogen (secondary N) is 1. The zero-order valence-electron chi connectivity index (χ0n) is 7.41. The number of nitriles is 1. The number of H-pyrrole nitrogens is 1. The fourth-order valence-electron chi connectivity index (χ4n) is 1.05. The van der Waals surface area contributed by atoms with E-state index in [1.165, 1.54) is 0 Å². The van der Waals surface area contributed by atoms with E-state index in [1.807, 2.05) is 0 Å². The van der Waals surface area contributed by atoms with Gasteiger partial charge in [-0.25, -0.2) is 4.98 Å². The van der Waals surface area contributed by atoms with Crippen molar-refractivity contribution in [3.63, 3.8) is 0 Å². The molecule has 0 aromatic carbocycles. The molecule has 0 saturated heterocycles. The van der Waals surface area contributed by atoms with Crippen molar-refractivity contribution < 1.29 is 0 Å². The third-order valence-corrected chi connectivity index (χ3v) is 1.94. The number of rotatable bonds is 3. The number of hydrogen-bond donors (Lipinski definition) is 1. The monoisotopic (exact) mass is 163 g/mol. The lowest BCUT2D eigenvalue weighted by molar-refractivity contribution is 0.466. The molecule has 1 atom stereocenters. The van der Waals surface area contributed by atoms with Crippen molar-refractivity contribution >= 4 is 0 Å². The summed E-state index contributed by atoms with van der Waals surface area (Å²) in [5.74, 6) is 1.35.